The van der Waals surface area contributed by atoms with Crippen LogP contribution in [0.2, 0.25) is 0 Å². The lowest BCUT2D eigenvalue weighted by Crippen LogP contribution is -2.49. The molecule has 5 nitrogen and oxygen atoms in total. The minimum absolute atomic E-state index is 0.356. The summed E-state index contributed by atoms with van der Waals surface area (Å²) in [6.45, 7) is 5.72. The molecule has 0 N–H and O–H groups in total. The highest BCUT2D eigenvalue weighted by Crippen LogP contribution is 2.45. The zero-order valence-corrected chi connectivity index (χ0v) is 15.2. The van der Waals surface area contributed by atoms with Crippen molar-refractivity contribution in [1.82, 2.24) is 14.9 Å². The molecular weight excluding hydrogens is 326 g/mol. The second-order valence-electron chi connectivity index (χ2n) is 7.52. The van der Waals surface area contributed by atoms with Crippen molar-refractivity contribution in [1.29, 1.82) is 0 Å². The van der Waals surface area contributed by atoms with Crippen molar-refractivity contribution in [2.24, 2.45) is 11.3 Å². The molecule has 2 aromatic heterocycles. The number of likely N-dealkylation sites (tertiary alicyclic amines) is 1. The van der Waals surface area contributed by atoms with E-state index in [9.17, 15) is 0 Å². The van der Waals surface area contributed by atoms with Crippen molar-refractivity contribution < 1.29 is 9.47 Å². The molecule has 2 aliphatic heterocycles. The summed E-state index contributed by atoms with van der Waals surface area (Å²) in [6, 6.07) is 8.12. The zero-order chi connectivity index (χ0) is 17.7. The average molecular weight is 353 g/mol. The quantitative estimate of drug-likeness (QED) is 0.826. The first-order valence-electron chi connectivity index (χ1n) is 9.56. The van der Waals surface area contributed by atoms with Gasteiger partial charge in [0.2, 0.25) is 0 Å². The van der Waals surface area contributed by atoms with E-state index in [1.165, 1.54) is 18.4 Å². The lowest BCUT2D eigenvalue weighted by molar-refractivity contribution is -0.0863. The van der Waals surface area contributed by atoms with Crippen LogP contribution in [-0.4, -0.2) is 47.8 Å². The Morgan fingerprint density at radius 2 is 1.92 bits per heavy atom. The van der Waals surface area contributed by atoms with E-state index in [1.54, 1.807) is 12.4 Å². The summed E-state index contributed by atoms with van der Waals surface area (Å²) in [5.41, 5.74) is 1.70. The molecule has 0 aromatic carbocycles. The van der Waals surface area contributed by atoms with E-state index in [-0.39, 0.29) is 0 Å². The van der Waals surface area contributed by atoms with Crippen molar-refractivity contribution in [2.45, 2.75) is 25.8 Å². The van der Waals surface area contributed by atoms with E-state index in [1.807, 2.05) is 24.5 Å². The van der Waals surface area contributed by atoms with E-state index in [2.05, 4.69) is 27.0 Å². The molecule has 1 atom stereocenters. The third-order valence-electron chi connectivity index (χ3n) is 6.02. The maximum absolute atomic E-state index is 6.03. The Labute approximate surface area is 155 Å². The smallest absolute Gasteiger partial charge is 0.137 e. The summed E-state index contributed by atoms with van der Waals surface area (Å²) in [4.78, 5) is 10.8. The summed E-state index contributed by atoms with van der Waals surface area (Å²) in [5, 5.41) is 0. The van der Waals surface area contributed by atoms with Crippen LogP contribution in [0.5, 0.6) is 5.75 Å². The Morgan fingerprint density at radius 3 is 2.69 bits per heavy atom. The molecule has 2 saturated heterocycles. The number of hydrogen-bond donors (Lipinski definition) is 0. The molecule has 2 aromatic rings. The van der Waals surface area contributed by atoms with Crippen LogP contribution >= 0.6 is 0 Å². The largest absolute Gasteiger partial charge is 0.492 e. The van der Waals surface area contributed by atoms with E-state index in [0.717, 1.165) is 51.6 Å². The monoisotopic (exact) mass is 353 g/mol. The SMILES string of the molecule is c1cncc(OC[C@H]2COCCC23CCN(Cc2ccncc2)CC3)c1. The fourth-order valence-electron chi connectivity index (χ4n) is 4.30. The molecular formula is C21H27N3O2. The standard InChI is InChI=1S/C21H27N3O2/c1-2-20(14-23-8-1)26-17-19-16-25-13-7-21(19)5-11-24(12-6-21)15-18-3-9-22-10-4-18/h1-4,8-10,14,19H,5-7,11-13,15-17H2/t19-/m1/s1. The van der Waals surface area contributed by atoms with Gasteiger partial charge in [-0.25, -0.2) is 0 Å². The fourth-order valence-corrected chi connectivity index (χ4v) is 4.30. The zero-order valence-electron chi connectivity index (χ0n) is 15.2. The molecule has 0 amide bonds. The summed E-state index contributed by atoms with van der Waals surface area (Å²) in [5.74, 6) is 1.31. The van der Waals surface area contributed by atoms with E-state index < -0.39 is 0 Å². The van der Waals surface area contributed by atoms with E-state index in [0.29, 0.717) is 11.3 Å². The number of rotatable bonds is 5. The highest BCUT2D eigenvalue weighted by Gasteiger charge is 2.43. The van der Waals surface area contributed by atoms with E-state index >= 15 is 0 Å². The predicted octanol–water partition coefficient (Wildman–Crippen LogP) is 3.17. The minimum atomic E-state index is 0.356. The van der Waals surface area contributed by atoms with Crippen molar-refractivity contribution >= 4 is 0 Å². The molecule has 0 unspecified atom stereocenters. The maximum Gasteiger partial charge on any atom is 0.137 e. The first-order valence-corrected chi connectivity index (χ1v) is 9.56. The van der Waals surface area contributed by atoms with Crippen LogP contribution in [0.4, 0.5) is 0 Å². The number of piperidine rings is 1. The van der Waals surface area contributed by atoms with Gasteiger partial charge in [-0.05, 0) is 67.6 Å². The number of pyridine rings is 2. The van der Waals surface area contributed by atoms with Gasteiger partial charge < -0.3 is 9.47 Å². The molecule has 26 heavy (non-hydrogen) atoms. The van der Waals surface area contributed by atoms with Gasteiger partial charge in [-0.1, -0.05) is 0 Å². The van der Waals surface area contributed by atoms with Crippen molar-refractivity contribution in [3.05, 3.63) is 54.6 Å². The van der Waals surface area contributed by atoms with Gasteiger partial charge in [-0.15, -0.1) is 0 Å². The lowest BCUT2D eigenvalue weighted by Gasteiger charge is -2.49. The van der Waals surface area contributed by atoms with Crippen molar-refractivity contribution in [3.8, 4) is 5.75 Å². The normalized spacial score (nSPS) is 23.0. The number of ether oxygens (including phenoxy) is 2. The van der Waals surface area contributed by atoms with Crippen LogP contribution in [0.25, 0.3) is 0 Å². The summed E-state index contributed by atoms with van der Waals surface area (Å²) < 4.78 is 11.8. The molecule has 138 valence electrons. The number of nitrogens with zero attached hydrogens (tertiary/aromatic N) is 3. The lowest BCUT2D eigenvalue weighted by atomic mass is 9.66. The predicted molar refractivity (Wildman–Crippen MR) is 99.8 cm³/mol. The molecule has 2 aliphatic rings. The van der Waals surface area contributed by atoms with Gasteiger partial charge in [0.05, 0.1) is 19.4 Å². The van der Waals surface area contributed by atoms with Crippen molar-refractivity contribution in [2.75, 3.05) is 32.9 Å². The van der Waals surface area contributed by atoms with Crippen LogP contribution in [0.15, 0.2) is 49.1 Å². The molecule has 4 rings (SSSR count). The topological polar surface area (TPSA) is 47.5 Å². The van der Waals surface area contributed by atoms with Gasteiger partial charge >= 0.3 is 0 Å². The second kappa shape index (κ2) is 8.14. The highest BCUT2D eigenvalue weighted by atomic mass is 16.5. The first kappa shape index (κ1) is 17.4. The Bertz CT molecular complexity index is 672. The highest BCUT2D eigenvalue weighted by molar-refractivity contribution is 5.15. The molecule has 0 radical (unpaired) electrons. The van der Waals surface area contributed by atoms with Crippen molar-refractivity contribution in [3.63, 3.8) is 0 Å². The molecule has 1 spiro atoms. The van der Waals surface area contributed by atoms with Gasteiger partial charge in [0, 0.05) is 37.7 Å². The van der Waals surface area contributed by atoms with Gasteiger partial charge in [-0.2, -0.15) is 0 Å². The second-order valence-corrected chi connectivity index (χ2v) is 7.52. The van der Waals surface area contributed by atoms with Crippen LogP contribution in [0.1, 0.15) is 24.8 Å². The van der Waals surface area contributed by atoms with E-state index in [4.69, 9.17) is 9.47 Å². The van der Waals surface area contributed by atoms with Crippen LogP contribution in [-0.2, 0) is 11.3 Å². The third kappa shape index (κ3) is 4.05. The van der Waals surface area contributed by atoms with Gasteiger partial charge in [0.25, 0.3) is 0 Å². The van der Waals surface area contributed by atoms with Gasteiger partial charge in [-0.3, -0.25) is 14.9 Å². The third-order valence-corrected chi connectivity index (χ3v) is 6.02. The molecule has 0 saturated carbocycles. The average Bonchev–Trinajstić information content (AvgIpc) is 2.71. The Hall–Kier alpha value is -1.98. The molecule has 4 heterocycles. The number of aromatic nitrogens is 2. The summed E-state index contributed by atoms with van der Waals surface area (Å²) >= 11 is 0. The Balaban J connectivity index is 1.35. The molecule has 0 aliphatic carbocycles. The molecule has 2 fully saturated rings. The summed E-state index contributed by atoms with van der Waals surface area (Å²) in [7, 11) is 0. The first-order chi connectivity index (χ1) is 12.8. The van der Waals surface area contributed by atoms with Crippen LogP contribution < -0.4 is 4.74 Å². The Morgan fingerprint density at radius 1 is 1.08 bits per heavy atom. The van der Waals surface area contributed by atoms with Crippen LogP contribution in [0, 0.1) is 11.3 Å². The maximum atomic E-state index is 6.03. The van der Waals surface area contributed by atoms with Gasteiger partial charge in [0.1, 0.15) is 5.75 Å². The van der Waals surface area contributed by atoms with Gasteiger partial charge in [0.15, 0.2) is 0 Å². The molecule has 5 heteroatoms. The van der Waals surface area contributed by atoms with Crippen LogP contribution in [0.3, 0.4) is 0 Å². The molecule has 0 bridgehead atoms. The Kier molecular flexibility index (Phi) is 5.46. The minimum Gasteiger partial charge on any atom is -0.492 e. The fraction of sp³-hybridized carbons (Fsp3) is 0.524. The number of hydrogen-bond acceptors (Lipinski definition) is 5. The summed E-state index contributed by atoms with van der Waals surface area (Å²) in [6.07, 6.45) is 10.9.